The van der Waals surface area contributed by atoms with E-state index in [9.17, 15) is 0 Å². The summed E-state index contributed by atoms with van der Waals surface area (Å²) >= 11 is 6.01. The van der Waals surface area contributed by atoms with Crippen molar-refractivity contribution in [2.75, 3.05) is 0 Å². The van der Waals surface area contributed by atoms with E-state index in [1.807, 2.05) is 55.2 Å². The van der Waals surface area contributed by atoms with Gasteiger partial charge in [-0.15, -0.1) is 0 Å². The molecule has 0 spiro atoms. The largest absolute Gasteiger partial charge is 0.336 e. The monoisotopic (exact) mass is 300 g/mol. The molecule has 0 unspecified atom stereocenters. The summed E-state index contributed by atoms with van der Waals surface area (Å²) in [5.74, 6) is 1.11. The number of oxime groups is 1. The van der Waals surface area contributed by atoms with Gasteiger partial charge in [0.05, 0.1) is 5.70 Å². The molecule has 1 aromatic rings. The van der Waals surface area contributed by atoms with Crippen molar-refractivity contribution in [3.8, 4) is 0 Å². The number of hydrogen-bond donors (Lipinski definition) is 0. The zero-order chi connectivity index (χ0) is 15.4. The number of amidine groups is 1. The topological polar surface area (TPSA) is 24.8 Å². The summed E-state index contributed by atoms with van der Waals surface area (Å²) in [6.45, 7) is 11.7. The lowest BCUT2D eigenvalue weighted by atomic mass is 10.1. The lowest BCUT2D eigenvalue weighted by Crippen LogP contribution is -2.25. The van der Waals surface area contributed by atoms with Gasteiger partial charge in [0.1, 0.15) is 0 Å². The van der Waals surface area contributed by atoms with Crippen LogP contribution in [0.2, 0.25) is 5.02 Å². The maximum Gasteiger partial charge on any atom is 0.228 e. The minimum absolute atomic E-state index is 0.440. The fourth-order valence-electron chi connectivity index (χ4n) is 2.04. The van der Waals surface area contributed by atoms with E-state index >= 15 is 0 Å². The lowest BCUT2D eigenvalue weighted by Gasteiger charge is -2.20. The summed E-state index contributed by atoms with van der Waals surface area (Å²) in [6.07, 6.45) is 7.52. The molecule has 2 rings (SSSR count). The van der Waals surface area contributed by atoms with Gasteiger partial charge in [-0.25, -0.2) is 0 Å². The molecule has 1 aliphatic rings. The molecule has 1 heterocycles. The molecule has 108 valence electrons. The van der Waals surface area contributed by atoms with Crippen molar-refractivity contribution in [2.24, 2.45) is 5.16 Å². The van der Waals surface area contributed by atoms with E-state index in [4.69, 9.17) is 16.4 Å². The minimum Gasteiger partial charge on any atom is -0.336 e. The first-order valence-electron chi connectivity index (χ1n) is 6.54. The second kappa shape index (κ2) is 6.46. The molecule has 0 radical (unpaired) electrons. The van der Waals surface area contributed by atoms with Gasteiger partial charge in [0.25, 0.3) is 0 Å². The molecule has 1 aromatic carbocycles. The van der Waals surface area contributed by atoms with Gasteiger partial charge >= 0.3 is 0 Å². The van der Waals surface area contributed by atoms with E-state index in [0.29, 0.717) is 16.7 Å². The van der Waals surface area contributed by atoms with Crippen molar-refractivity contribution in [3.05, 3.63) is 83.4 Å². The quantitative estimate of drug-likeness (QED) is 0.749. The number of halogens is 1. The molecule has 0 aromatic heterocycles. The molecular formula is C17H17ClN2O. The molecule has 0 aliphatic carbocycles. The summed E-state index contributed by atoms with van der Waals surface area (Å²) in [5.41, 5.74) is 2.79. The molecule has 0 fully saturated rings. The van der Waals surface area contributed by atoms with Gasteiger partial charge < -0.3 is 4.84 Å². The lowest BCUT2D eigenvalue weighted by molar-refractivity contribution is 0.212. The Balaban J connectivity index is 2.47. The molecule has 4 heteroatoms. The predicted octanol–water partition coefficient (Wildman–Crippen LogP) is 4.76. The van der Waals surface area contributed by atoms with Crippen molar-refractivity contribution < 1.29 is 4.84 Å². The maximum atomic E-state index is 6.01. The van der Waals surface area contributed by atoms with Gasteiger partial charge in [-0.05, 0) is 56.3 Å². The number of hydrogen-bond acceptors (Lipinski definition) is 3. The highest BCUT2D eigenvalue weighted by atomic mass is 35.5. The van der Waals surface area contributed by atoms with Crippen molar-refractivity contribution in [2.45, 2.75) is 13.8 Å². The van der Waals surface area contributed by atoms with E-state index in [2.05, 4.69) is 18.3 Å². The second-order valence-corrected chi connectivity index (χ2v) is 4.95. The van der Waals surface area contributed by atoms with Crippen LogP contribution in [0.4, 0.5) is 0 Å². The Labute approximate surface area is 130 Å². The number of benzene rings is 1. The fourth-order valence-corrected chi connectivity index (χ4v) is 2.26. The van der Waals surface area contributed by atoms with E-state index in [1.54, 1.807) is 6.08 Å². The Morgan fingerprint density at radius 3 is 2.81 bits per heavy atom. The summed E-state index contributed by atoms with van der Waals surface area (Å²) in [6, 6.07) is 5.64. The summed E-state index contributed by atoms with van der Waals surface area (Å²) in [5, 5.41) is 4.81. The summed E-state index contributed by atoms with van der Waals surface area (Å²) in [7, 11) is 0. The third kappa shape index (κ3) is 3.09. The first-order chi connectivity index (χ1) is 10.1. The highest BCUT2D eigenvalue weighted by molar-refractivity contribution is 6.30. The van der Waals surface area contributed by atoms with E-state index in [1.165, 1.54) is 0 Å². The van der Waals surface area contributed by atoms with Crippen LogP contribution in [0, 0.1) is 6.92 Å². The average Bonchev–Trinajstić information content (AvgIpc) is 2.82. The van der Waals surface area contributed by atoms with Gasteiger partial charge in [0.2, 0.25) is 5.88 Å². The molecule has 1 aliphatic heterocycles. The van der Waals surface area contributed by atoms with Crippen LogP contribution >= 0.6 is 11.6 Å². The fraction of sp³-hybridized carbons (Fsp3) is 0.118. The third-order valence-electron chi connectivity index (χ3n) is 3.05. The molecule has 3 nitrogen and oxygen atoms in total. The van der Waals surface area contributed by atoms with Crippen LogP contribution in [-0.2, 0) is 4.84 Å². The number of nitrogens with zero attached hydrogens (tertiary/aromatic N) is 2. The Morgan fingerprint density at radius 1 is 1.43 bits per heavy atom. The third-order valence-corrected chi connectivity index (χ3v) is 3.29. The van der Waals surface area contributed by atoms with Crippen LogP contribution in [0.25, 0.3) is 0 Å². The van der Waals surface area contributed by atoms with Gasteiger partial charge in [0, 0.05) is 10.6 Å². The van der Waals surface area contributed by atoms with Crippen LogP contribution in [0.1, 0.15) is 18.1 Å². The Hall–Kier alpha value is -2.26. The average molecular weight is 301 g/mol. The highest BCUT2D eigenvalue weighted by Gasteiger charge is 2.27. The molecule has 0 bridgehead atoms. The summed E-state index contributed by atoms with van der Waals surface area (Å²) in [4.78, 5) is 7.08. The number of rotatable bonds is 4. The smallest absolute Gasteiger partial charge is 0.228 e. The normalized spacial score (nSPS) is 15.4. The Morgan fingerprint density at radius 2 is 2.19 bits per heavy atom. The predicted molar refractivity (Wildman–Crippen MR) is 87.9 cm³/mol. The van der Waals surface area contributed by atoms with Gasteiger partial charge in [-0.1, -0.05) is 35.5 Å². The van der Waals surface area contributed by atoms with Crippen LogP contribution in [0.15, 0.2) is 72.4 Å². The zero-order valence-corrected chi connectivity index (χ0v) is 12.9. The van der Waals surface area contributed by atoms with Gasteiger partial charge in [0.15, 0.2) is 5.84 Å². The van der Waals surface area contributed by atoms with E-state index < -0.39 is 0 Å². The van der Waals surface area contributed by atoms with Gasteiger partial charge in [-0.2, -0.15) is 0 Å². The molecule has 0 atom stereocenters. The van der Waals surface area contributed by atoms with Crippen LogP contribution in [-0.4, -0.2) is 10.7 Å². The summed E-state index contributed by atoms with van der Waals surface area (Å²) < 4.78 is 0. The maximum absolute atomic E-state index is 6.01. The van der Waals surface area contributed by atoms with E-state index in [0.717, 1.165) is 16.8 Å². The van der Waals surface area contributed by atoms with Crippen LogP contribution in [0.3, 0.4) is 0 Å². The molecule has 21 heavy (non-hydrogen) atoms. The first-order valence-corrected chi connectivity index (χ1v) is 6.92. The molecule has 0 saturated carbocycles. The number of allylic oxidation sites excluding steroid dienone is 4. The molecule has 0 N–H and O–H groups in total. The van der Waals surface area contributed by atoms with Crippen LogP contribution < -0.4 is 0 Å². The SMILES string of the molecule is C=C/C(=C\C=C/C)N1C(=C)ON=C1c1ccc(Cl)cc1C. The van der Waals surface area contributed by atoms with Crippen molar-refractivity contribution >= 4 is 17.4 Å². The highest BCUT2D eigenvalue weighted by Crippen LogP contribution is 2.27. The molecule has 0 saturated heterocycles. The van der Waals surface area contributed by atoms with Crippen molar-refractivity contribution in [1.29, 1.82) is 0 Å². The van der Waals surface area contributed by atoms with Crippen LogP contribution in [0.5, 0.6) is 0 Å². The Kier molecular flexibility index (Phi) is 4.66. The Bertz CT molecular complexity index is 671. The second-order valence-electron chi connectivity index (χ2n) is 4.52. The zero-order valence-electron chi connectivity index (χ0n) is 12.1. The number of aryl methyl sites for hydroxylation is 1. The molecular weight excluding hydrogens is 284 g/mol. The molecule has 0 amide bonds. The van der Waals surface area contributed by atoms with Gasteiger partial charge in [-0.3, -0.25) is 4.90 Å². The minimum atomic E-state index is 0.440. The first kappa shape index (κ1) is 15.1. The van der Waals surface area contributed by atoms with Crippen molar-refractivity contribution in [1.82, 2.24) is 4.90 Å². The van der Waals surface area contributed by atoms with E-state index in [-0.39, 0.29) is 0 Å². The van der Waals surface area contributed by atoms with Crippen molar-refractivity contribution in [3.63, 3.8) is 0 Å². The standard InChI is InChI=1S/C17H17ClN2O/c1-5-7-8-15(6-2)20-13(4)21-19-17(20)16-10-9-14(18)11-12(16)3/h5-11H,2,4H2,1,3H3/b7-5-,15-8+.